The van der Waals surface area contributed by atoms with E-state index < -0.39 is 0 Å². The summed E-state index contributed by atoms with van der Waals surface area (Å²) < 4.78 is 12.3. The highest BCUT2D eigenvalue weighted by Crippen LogP contribution is 2.36. The van der Waals surface area contributed by atoms with Crippen LogP contribution in [0, 0.1) is 27.7 Å². The topological polar surface area (TPSA) is 54.9 Å². The van der Waals surface area contributed by atoms with E-state index >= 15 is 0 Å². The van der Waals surface area contributed by atoms with Gasteiger partial charge in [0.05, 0.1) is 5.71 Å². The van der Waals surface area contributed by atoms with Gasteiger partial charge in [0.2, 0.25) is 0 Å². The Morgan fingerprint density at radius 2 is 1.71 bits per heavy atom. The first-order chi connectivity index (χ1) is 16.6. The molecule has 0 aromatic heterocycles. The first kappa shape index (κ1) is 24.7. The van der Waals surface area contributed by atoms with Crippen molar-refractivity contribution in [3.05, 3.63) is 88.0 Å². The van der Waals surface area contributed by atoms with E-state index in [0.29, 0.717) is 18.1 Å². The Balaban J connectivity index is 1.53. The Morgan fingerprint density at radius 3 is 2.43 bits per heavy atom. The quantitative estimate of drug-likeness (QED) is 0.308. The molecule has 6 heteroatoms. The molecular weight excluding hydrogens is 454 g/mol. The summed E-state index contributed by atoms with van der Waals surface area (Å²) in [6, 6.07) is 18.4. The van der Waals surface area contributed by atoms with Gasteiger partial charge in [-0.05, 0) is 94.2 Å². The van der Waals surface area contributed by atoms with Gasteiger partial charge in [-0.1, -0.05) is 42.0 Å². The second kappa shape index (κ2) is 10.1. The average molecular weight is 488 g/mol. The zero-order valence-corrected chi connectivity index (χ0v) is 22.1. The number of benzene rings is 3. The number of thiocarbonyl (C=S) groups is 1. The van der Waals surface area contributed by atoms with E-state index in [4.69, 9.17) is 26.8 Å². The van der Waals surface area contributed by atoms with Crippen LogP contribution in [0.15, 0.2) is 59.7 Å². The maximum atomic E-state index is 6.22. The fraction of sp³-hybridized carbons (Fsp3) is 0.310. The molecule has 0 aliphatic carbocycles. The smallest absolute Gasteiger partial charge is 0.191 e. The Labute approximate surface area is 213 Å². The summed E-state index contributed by atoms with van der Waals surface area (Å²) in [6.07, 6.45) is 0.638. The van der Waals surface area contributed by atoms with Gasteiger partial charge in [0, 0.05) is 17.7 Å². The van der Waals surface area contributed by atoms with Crippen LogP contribution in [-0.2, 0) is 6.61 Å². The van der Waals surface area contributed by atoms with Crippen molar-refractivity contribution in [3.8, 4) is 11.5 Å². The third kappa shape index (κ3) is 6.01. The molecule has 0 bridgehead atoms. The number of aryl methyl sites for hydroxylation is 4. The monoisotopic (exact) mass is 487 g/mol. The molecular formula is C29H33N3O2S. The lowest BCUT2D eigenvalue weighted by Crippen LogP contribution is -2.37. The molecule has 0 amide bonds. The van der Waals surface area contributed by atoms with Crippen LogP contribution in [-0.4, -0.2) is 16.4 Å². The largest absolute Gasteiger partial charge is 0.489 e. The van der Waals surface area contributed by atoms with Crippen molar-refractivity contribution in [2.24, 2.45) is 5.10 Å². The summed E-state index contributed by atoms with van der Waals surface area (Å²) in [7, 11) is 0. The molecule has 1 aliphatic heterocycles. The Kier molecular flexibility index (Phi) is 7.13. The molecule has 1 aliphatic rings. The minimum Gasteiger partial charge on any atom is -0.489 e. The van der Waals surface area contributed by atoms with E-state index in [1.54, 1.807) is 0 Å². The van der Waals surface area contributed by atoms with Gasteiger partial charge in [0.15, 0.2) is 5.11 Å². The third-order valence-electron chi connectivity index (χ3n) is 6.10. The number of nitrogens with one attached hydrogen (secondary N) is 2. The summed E-state index contributed by atoms with van der Waals surface area (Å²) in [5.74, 6) is 1.56. The van der Waals surface area contributed by atoms with Crippen molar-refractivity contribution < 1.29 is 9.47 Å². The lowest BCUT2D eigenvalue weighted by Gasteiger charge is -2.33. The van der Waals surface area contributed by atoms with Crippen LogP contribution < -0.4 is 20.2 Å². The van der Waals surface area contributed by atoms with Crippen LogP contribution in [0.5, 0.6) is 11.5 Å². The fourth-order valence-corrected chi connectivity index (χ4v) is 4.56. The lowest BCUT2D eigenvalue weighted by atomic mass is 9.92. The van der Waals surface area contributed by atoms with Crippen molar-refractivity contribution in [1.82, 2.24) is 5.43 Å². The van der Waals surface area contributed by atoms with E-state index in [9.17, 15) is 0 Å². The summed E-state index contributed by atoms with van der Waals surface area (Å²) in [5, 5.41) is 8.45. The lowest BCUT2D eigenvalue weighted by molar-refractivity contribution is 0.111. The van der Waals surface area contributed by atoms with Crippen molar-refractivity contribution in [2.75, 3.05) is 5.32 Å². The van der Waals surface area contributed by atoms with Crippen LogP contribution in [0.3, 0.4) is 0 Å². The van der Waals surface area contributed by atoms with Gasteiger partial charge in [0.1, 0.15) is 23.7 Å². The van der Waals surface area contributed by atoms with Crippen LogP contribution in [0.1, 0.15) is 53.6 Å². The molecule has 2 N–H and O–H groups in total. The molecule has 0 unspecified atom stereocenters. The van der Waals surface area contributed by atoms with E-state index in [-0.39, 0.29) is 5.60 Å². The van der Waals surface area contributed by atoms with Crippen LogP contribution in [0.25, 0.3) is 0 Å². The molecule has 0 spiro atoms. The molecule has 3 aromatic carbocycles. The summed E-state index contributed by atoms with van der Waals surface area (Å²) >= 11 is 5.56. The number of ether oxygens (including phenoxy) is 2. The maximum absolute atomic E-state index is 6.22. The second-order valence-corrected chi connectivity index (χ2v) is 10.2. The molecule has 0 saturated heterocycles. The number of hydrazone groups is 1. The number of nitrogens with zero attached hydrogens (tertiary/aromatic N) is 1. The highest BCUT2D eigenvalue weighted by atomic mass is 32.1. The molecule has 5 nitrogen and oxygen atoms in total. The molecule has 4 rings (SSSR count). The first-order valence-corrected chi connectivity index (χ1v) is 12.2. The van der Waals surface area contributed by atoms with Gasteiger partial charge in [-0.2, -0.15) is 5.10 Å². The van der Waals surface area contributed by atoms with Gasteiger partial charge >= 0.3 is 0 Å². The standard InChI is InChI=1S/C29H33N3O2S/c1-18-13-20(3)27(21(4)14-18)30-28(35)32-31-25-16-29(5,6)34-26-12-11-23(15-24(25)26)33-17-22-10-8-7-9-19(22)2/h7-15H,16-17H2,1-6H3,(H2,30,32,35)/b31-25+. The minimum absolute atomic E-state index is 0.379. The van der Waals surface area contributed by atoms with Gasteiger partial charge < -0.3 is 14.8 Å². The van der Waals surface area contributed by atoms with Gasteiger partial charge in [-0.3, -0.25) is 5.43 Å². The zero-order valence-electron chi connectivity index (χ0n) is 21.3. The zero-order chi connectivity index (χ0) is 25.2. The molecule has 1 heterocycles. The second-order valence-electron chi connectivity index (χ2n) is 9.81. The highest BCUT2D eigenvalue weighted by Gasteiger charge is 2.31. The predicted molar refractivity (Wildman–Crippen MR) is 148 cm³/mol. The van der Waals surface area contributed by atoms with Crippen molar-refractivity contribution in [3.63, 3.8) is 0 Å². The van der Waals surface area contributed by atoms with Crippen molar-refractivity contribution in [2.45, 2.75) is 60.2 Å². The Hall–Kier alpha value is -3.38. The van der Waals surface area contributed by atoms with Crippen LogP contribution in [0.2, 0.25) is 0 Å². The normalized spacial score (nSPS) is 15.2. The van der Waals surface area contributed by atoms with Gasteiger partial charge in [0.25, 0.3) is 0 Å². The van der Waals surface area contributed by atoms with E-state index in [1.807, 2.05) is 30.3 Å². The summed E-state index contributed by atoms with van der Waals surface area (Å²) in [6.45, 7) is 13.0. The van der Waals surface area contributed by atoms with Crippen molar-refractivity contribution >= 4 is 28.7 Å². The predicted octanol–water partition coefficient (Wildman–Crippen LogP) is 6.75. The Bertz CT molecular complexity index is 1270. The van der Waals surface area contributed by atoms with Gasteiger partial charge in [-0.25, -0.2) is 0 Å². The number of hydrogen-bond donors (Lipinski definition) is 2. The number of rotatable bonds is 5. The molecule has 0 fully saturated rings. The number of hydrogen-bond acceptors (Lipinski definition) is 4. The molecule has 0 atom stereocenters. The molecule has 0 radical (unpaired) electrons. The van der Waals surface area contributed by atoms with Crippen LogP contribution in [0.4, 0.5) is 5.69 Å². The summed E-state index contributed by atoms with van der Waals surface area (Å²) in [4.78, 5) is 0. The van der Waals surface area contributed by atoms with E-state index in [2.05, 4.69) is 76.6 Å². The van der Waals surface area contributed by atoms with Crippen LogP contribution >= 0.6 is 12.2 Å². The minimum atomic E-state index is -0.379. The molecule has 0 saturated carbocycles. The average Bonchev–Trinajstić information content (AvgIpc) is 2.79. The Morgan fingerprint density at radius 1 is 1.00 bits per heavy atom. The maximum Gasteiger partial charge on any atom is 0.191 e. The van der Waals surface area contributed by atoms with Crippen molar-refractivity contribution in [1.29, 1.82) is 0 Å². The molecule has 35 heavy (non-hydrogen) atoms. The molecule has 182 valence electrons. The number of anilines is 1. The third-order valence-corrected chi connectivity index (χ3v) is 6.30. The SMILES string of the molecule is Cc1cc(C)c(NC(=S)N/N=C2\CC(C)(C)Oc3ccc(OCc4ccccc4C)cc32)c(C)c1. The van der Waals surface area contributed by atoms with Gasteiger partial charge in [-0.15, -0.1) is 0 Å². The van der Waals surface area contributed by atoms with E-state index in [0.717, 1.165) is 45.2 Å². The highest BCUT2D eigenvalue weighted by molar-refractivity contribution is 7.80. The molecule has 3 aromatic rings. The fourth-order valence-electron chi connectivity index (χ4n) is 4.42. The first-order valence-electron chi connectivity index (χ1n) is 11.8. The van der Waals surface area contributed by atoms with E-state index in [1.165, 1.54) is 11.1 Å². The summed E-state index contributed by atoms with van der Waals surface area (Å²) in [5.41, 5.74) is 11.3. The number of fused-ring (bicyclic) bond motifs is 1.